The molecule has 0 aliphatic carbocycles. The lowest BCUT2D eigenvalue weighted by Crippen LogP contribution is -2.10. The number of benzene rings is 1. The van der Waals surface area contributed by atoms with Crippen LogP contribution in [0.15, 0.2) is 18.2 Å². The van der Waals surface area contributed by atoms with Crippen LogP contribution < -0.4 is 5.32 Å². The van der Waals surface area contributed by atoms with Crippen molar-refractivity contribution in [1.29, 1.82) is 0 Å². The maximum atomic E-state index is 13.4. The van der Waals surface area contributed by atoms with Crippen molar-refractivity contribution < 1.29 is 9.31 Å². The first-order chi connectivity index (χ1) is 9.50. The highest BCUT2D eigenvalue weighted by Gasteiger charge is 2.19. The molecule has 2 aromatic rings. The molecule has 1 heterocycles. The van der Waals surface area contributed by atoms with Crippen molar-refractivity contribution in [2.45, 2.75) is 13.3 Å². The summed E-state index contributed by atoms with van der Waals surface area (Å²) in [6, 6.07) is 3.97. The van der Waals surface area contributed by atoms with Crippen molar-refractivity contribution in [2.75, 3.05) is 11.9 Å². The van der Waals surface area contributed by atoms with Gasteiger partial charge < -0.3 is 9.88 Å². The number of aromatic nitrogens is 3. The number of aryl methyl sites for hydroxylation is 1. The molecule has 2 rings (SSSR count). The largest absolute Gasteiger partial charge is 0.379 e. The van der Waals surface area contributed by atoms with E-state index < -0.39 is 16.4 Å². The Bertz CT molecular complexity index is 641. The zero-order valence-corrected chi connectivity index (χ0v) is 11.1. The van der Waals surface area contributed by atoms with E-state index in [2.05, 4.69) is 15.5 Å². The Hall–Kier alpha value is -2.51. The summed E-state index contributed by atoms with van der Waals surface area (Å²) in [7, 11) is 1.84. The highest BCUT2D eigenvalue weighted by atomic mass is 19.1. The SMILES string of the molecule is Cc1nnc(CCNc2cccc(F)c2[N+](=O)[O-])n1C. The molecule has 0 saturated heterocycles. The Balaban J connectivity index is 2.07. The van der Waals surface area contributed by atoms with Gasteiger partial charge >= 0.3 is 5.69 Å². The molecule has 0 spiro atoms. The molecule has 0 aliphatic heterocycles. The van der Waals surface area contributed by atoms with Crippen LogP contribution in [-0.2, 0) is 13.5 Å². The van der Waals surface area contributed by atoms with Crippen molar-refractivity contribution in [3.8, 4) is 0 Å². The average molecular weight is 279 g/mol. The van der Waals surface area contributed by atoms with E-state index in [-0.39, 0.29) is 5.69 Å². The summed E-state index contributed by atoms with van der Waals surface area (Å²) in [6.45, 7) is 2.23. The third-order valence-electron chi connectivity index (χ3n) is 3.02. The molecule has 0 unspecified atom stereocenters. The van der Waals surface area contributed by atoms with Crippen LogP contribution in [0.5, 0.6) is 0 Å². The molecular weight excluding hydrogens is 265 g/mol. The molecule has 7 nitrogen and oxygen atoms in total. The van der Waals surface area contributed by atoms with Crippen LogP contribution in [0.4, 0.5) is 15.8 Å². The predicted molar refractivity (Wildman–Crippen MR) is 71.0 cm³/mol. The number of nitrogens with one attached hydrogen (secondary N) is 1. The topological polar surface area (TPSA) is 85.9 Å². The minimum Gasteiger partial charge on any atom is -0.379 e. The summed E-state index contributed by atoms with van der Waals surface area (Å²) in [5, 5.41) is 21.6. The van der Waals surface area contributed by atoms with Crippen molar-refractivity contribution in [2.24, 2.45) is 7.05 Å². The molecule has 1 aromatic carbocycles. The molecule has 0 atom stereocenters. The minimum absolute atomic E-state index is 0.161. The number of para-hydroxylation sites is 1. The standard InChI is InChI=1S/C12H14FN5O2/c1-8-15-16-11(17(8)2)6-7-14-10-5-3-4-9(13)12(10)18(19)20/h3-5,14H,6-7H2,1-2H3. The Morgan fingerprint density at radius 1 is 1.45 bits per heavy atom. The Morgan fingerprint density at radius 3 is 2.80 bits per heavy atom. The zero-order chi connectivity index (χ0) is 14.7. The summed E-state index contributed by atoms with van der Waals surface area (Å²) < 4.78 is 15.2. The van der Waals surface area contributed by atoms with Crippen molar-refractivity contribution in [1.82, 2.24) is 14.8 Å². The van der Waals surface area contributed by atoms with Crippen LogP contribution in [0, 0.1) is 22.9 Å². The molecule has 0 fully saturated rings. The number of hydrogen-bond donors (Lipinski definition) is 1. The lowest BCUT2D eigenvalue weighted by Gasteiger charge is -2.07. The Labute approximate surface area is 114 Å². The predicted octanol–water partition coefficient (Wildman–Crippen LogP) is 1.83. The molecule has 106 valence electrons. The smallest absolute Gasteiger partial charge is 0.327 e. The van der Waals surface area contributed by atoms with Gasteiger partial charge in [0.2, 0.25) is 5.82 Å². The Kier molecular flexibility index (Phi) is 3.92. The fourth-order valence-electron chi connectivity index (χ4n) is 1.82. The number of halogens is 1. The minimum atomic E-state index is -0.852. The van der Waals surface area contributed by atoms with Crippen molar-refractivity contribution in [3.05, 3.63) is 45.8 Å². The van der Waals surface area contributed by atoms with Gasteiger partial charge in [-0.15, -0.1) is 10.2 Å². The highest BCUT2D eigenvalue weighted by molar-refractivity contribution is 5.61. The molecule has 0 aliphatic rings. The lowest BCUT2D eigenvalue weighted by atomic mass is 10.2. The average Bonchev–Trinajstić information content (AvgIpc) is 2.70. The van der Waals surface area contributed by atoms with E-state index in [1.54, 1.807) is 0 Å². The third-order valence-corrected chi connectivity index (χ3v) is 3.02. The van der Waals surface area contributed by atoms with Gasteiger partial charge in [0.05, 0.1) is 4.92 Å². The summed E-state index contributed by atoms with van der Waals surface area (Å²) in [6.07, 6.45) is 0.533. The fraction of sp³-hybridized carbons (Fsp3) is 0.333. The van der Waals surface area contributed by atoms with Gasteiger partial charge in [-0.1, -0.05) is 6.07 Å². The number of anilines is 1. The zero-order valence-electron chi connectivity index (χ0n) is 11.1. The van der Waals surface area contributed by atoms with Crippen molar-refractivity contribution in [3.63, 3.8) is 0 Å². The van der Waals surface area contributed by atoms with E-state index in [1.165, 1.54) is 12.1 Å². The molecule has 1 N–H and O–H groups in total. The second-order valence-corrected chi connectivity index (χ2v) is 4.29. The van der Waals surface area contributed by atoms with E-state index in [0.717, 1.165) is 17.7 Å². The molecule has 0 radical (unpaired) electrons. The summed E-state index contributed by atoms with van der Waals surface area (Å²) in [5.74, 6) is 0.695. The van der Waals surface area contributed by atoms with Gasteiger partial charge in [-0.2, -0.15) is 4.39 Å². The van der Waals surface area contributed by atoms with E-state index in [9.17, 15) is 14.5 Å². The summed E-state index contributed by atoms with van der Waals surface area (Å²) in [4.78, 5) is 10.1. The normalized spacial score (nSPS) is 10.6. The van der Waals surface area contributed by atoms with Gasteiger partial charge in [0, 0.05) is 20.0 Å². The van der Waals surface area contributed by atoms with Crippen LogP contribution in [0.1, 0.15) is 11.6 Å². The van der Waals surface area contributed by atoms with Gasteiger partial charge in [-0.3, -0.25) is 10.1 Å². The quantitative estimate of drug-likeness (QED) is 0.666. The summed E-state index contributed by atoms with van der Waals surface area (Å²) in [5.41, 5.74) is -0.379. The first-order valence-electron chi connectivity index (χ1n) is 6.02. The second-order valence-electron chi connectivity index (χ2n) is 4.29. The van der Waals surface area contributed by atoms with Crippen LogP contribution in [-0.4, -0.2) is 26.2 Å². The Morgan fingerprint density at radius 2 is 2.20 bits per heavy atom. The van der Waals surface area contributed by atoms with E-state index in [0.29, 0.717) is 13.0 Å². The maximum Gasteiger partial charge on any atom is 0.327 e. The van der Waals surface area contributed by atoms with Gasteiger partial charge in [0.25, 0.3) is 0 Å². The third kappa shape index (κ3) is 2.73. The molecule has 1 aromatic heterocycles. The first-order valence-corrected chi connectivity index (χ1v) is 6.02. The van der Waals surface area contributed by atoms with Crippen LogP contribution >= 0.6 is 0 Å². The number of nitro groups is 1. The number of nitro benzene ring substituents is 1. The van der Waals surface area contributed by atoms with Gasteiger partial charge in [-0.25, -0.2) is 0 Å². The second kappa shape index (κ2) is 5.64. The molecular formula is C12H14FN5O2. The number of hydrogen-bond acceptors (Lipinski definition) is 5. The van der Waals surface area contributed by atoms with Gasteiger partial charge in [-0.05, 0) is 19.1 Å². The van der Waals surface area contributed by atoms with Crippen LogP contribution in [0.2, 0.25) is 0 Å². The molecule has 0 saturated carbocycles. The molecule has 20 heavy (non-hydrogen) atoms. The van der Waals surface area contributed by atoms with Gasteiger partial charge in [0.1, 0.15) is 17.3 Å². The van der Waals surface area contributed by atoms with Crippen molar-refractivity contribution >= 4 is 11.4 Å². The molecule has 0 amide bonds. The van der Waals surface area contributed by atoms with Gasteiger partial charge in [0.15, 0.2) is 0 Å². The van der Waals surface area contributed by atoms with Crippen LogP contribution in [0.25, 0.3) is 0 Å². The highest BCUT2D eigenvalue weighted by Crippen LogP contribution is 2.26. The lowest BCUT2D eigenvalue weighted by molar-refractivity contribution is -0.386. The fourth-order valence-corrected chi connectivity index (χ4v) is 1.82. The van der Waals surface area contributed by atoms with E-state index in [1.807, 2.05) is 18.5 Å². The maximum absolute atomic E-state index is 13.4. The number of nitrogens with zero attached hydrogens (tertiary/aromatic N) is 4. The van der Waals surface area contributed by atoms with E-state index >= 15 is 0 Å². The monoisotopic (exact) mass is 279 g/mol. The first kappa shape index (κ1) is 13.9. The number of rotatable bonds is 5. The van der Waals surface area contributed by atoms with E-state index in [4.69, 9.17) is 0 Å². The van der Waals surface area contributed by atoms with Crippen LogP contribution in [0.3, 0.4) is 0 Å². The molecule has 8 heteroatoms. The molecule has 0 bridgehead atoms. The summed E-state index contributed by atoms with van der Waals surface area (Å²) >= 11 is 0.